The van der Waals surface area contributed by atoms with Crippen molar-refractivity contribution in [2.75, 3.05) is 32.8 Å². The zero-order valence-electron chi connectivity index (χ0n) is 12.6. The van der Waals surface area contributed by atoms with Crippen LogP contribution in [-0.2, 0) is 4.79 Å². The highest BCUT2D eigenvalue weighted by molar-refractivity contribution is 6.30. The SMILES string of the molecule is O=C(COc1ccc(F)c(Cl)c1)NCCCN1CCCCC1. The number of likely N-dealkylation sites (tertiary alicyclic amines) is 1. The minimum atomic E-state index is -0.504. The van der Waals surface area contributed by atoms with Gasteiger partial charge in [-0.15, -0.1) is 0 Å². The molecule has 1 aromatic carbocycles. The molecule has 1 fully saturated rings. The Morgan fingerprint density at radius 3 is 2.82 bits per heavy atom. The molecule has 6 heteroatoms. The van der Waals surface area contributed by atoms with Crippen LogP contribution in [0.15, 0.2) is 18.2 Å². The van der Waals surface area contributed by atoms with E-state index < -0.39 is 5.82 Å². The maximum absolute atomic E-state index is 13.0. The number of carbonyl (C=O) groups excluding carboxylic acids is 1. The Morgan fingerprint density at radius 1 is 1.32 bits per heavy atom. The van der Waals surface area contributed by atoms with Gasteiger partial charge in [0.2, 0.25) is 0 Å². The zero-order valence-corrected chi connectivity index (χ0v) is 13.4. The molecule has 0 radical (unpaired) electrons. The van der Waals surface area contributed by atoms with E-state index >= 15 is 0 Å². The maximum Gasteiger partial charge on any atom is 0.257 e. The van der Waals surface area contributed by atoms with Crippen LogP contribution in [-0.4, -0.2) is 43.6 Å². The second kappa shape index (κ2) is 8.96. The second-order valence-electron chi connectivity index (χ2n) is 5.47. The van der Waals surface area contributed by atoms with Crippen molar-refractivity contribution in [1.82, 2.24) is 10.2 Å². The van der Waals surface area contributed by atoms with Crippen molar-refractivity contribution in [3.8, 4) is 5.75 Å². The van der Waals surface area contributed by atoms with Crippen LogP contribution in [0, 0.1) is 5.82 Å². The molecule has 4 nitrogen and oxygen atoms in total. The first kappa shape index (κ1) is 17.0. The molecule has 22 heavy (non-hydrogen) atoms. The van der Waals surface area contributed by atoms with Crippen LogP contribution in [0.2, 0.25) is 5.02 Å². The Hall–Kier alpha value is -1.33. The Morgan fingerprint density at radius 2 is 2.09 bits per heavy atom. The van der Waals surface area contributed by atoms with Crippen molar-refractivity contribution in [3.63, 3.8) is 0 Å². The molecule has 1 aliphatic heterocycles. The molecule has 1 heterocycles. The summed E-state index contributed by atoms with van der Waals surface area (Å²) in [5.41, 5.74) is 0. The number of piperidine rings is 1. The summed E-state index contributed by atoms with van der Waals surface area (Å²) in [6, 6.07) is 4.03. The van der Waals surface area contributed by atoms with Gasteiger partial charge in [-0.2, -0.15) is 0 Å². The first-order chi connectivity index (χ1) is 10.6. The Kier molecular flexibility index (Phi) is 6.93. The summed E-state index contributed by atoms with van der Waals surface area (Å²) in [4.78, 5) is 14.1. The molecule has 0 aromatic heterocycles. The largest absolute Gasteiger partial charge is 0.484 e. The summed E-state index contributed by atoms with van der Waals surface area (Å²) in [5.74, 6) is -0.301. The third-order valence-corrected chi connectivity index (χ3v) is 3.97. The quantitative estimate of drug-likeness (QED) is 0.783. The molecule has 0 unspecified atom stereocenters. The van der Waals surface area contributed by atoms with Crippen molar-refractivity contribution in [2.45, 2.75) is 25.7 Å². The number of amides is 1. The van der Waals surface area contributed by atoms with Gasteiger partial charge in [0.25, 0.3) is 5.91 Å². The normalized spacial score (nSPS) is 15.5. The van der Waals surface area contributed by atoms with Crippen LogP contribution < -0.4 is 10.1 Å². The molecule has 0 atom stereocenters. The number of halogens is 2. The molecule has 0 aliphatic carbocycles. The van der Waals surface area contributed by atoms with E-state index in [1.54, 1.807) is 0 Å². The molecule has 2 rings (SSSR count). The molecular weight excluding hydrogens is 307 g/mol. The number of carbonyl (C=O) groups is 1. The van der Waals surface area contributed by atoms with E-state index in [4.69, 9.17) is 16.3 Å². The minimum Gasteiger partial charge on any atom is -0.484 e. The molecule has 1 aromatic rings. The van der Waals surface area contributed by atoms with Gasteiger partial charge < -0.3 is 15.0 Å². The summed E-state index contributed by atoms with van der Waals surface area (Å²) in [6.45, 7) is 3.91. The molecule has 0 bridgehead atoms. The van der Waals surface area contributed by atoms with Gasteiger partial charge in [0, 0.05) is 12.6 Å². The smallest absolute Gasteiger partial charge is 0.257 e. The minimum absolute atomic E-state index is 0.0144. The number of rotatable bonds is 7. The molecule has 122 valence electrons. The van der Waals surface area contributed by atoms with Crippen molar-refractivity contribution < 1.29 is 13.9 Å². The Labute approximate surface area is 135 Å². The van der Waals surface area contributed by atoms with Crippen molar-refractivity contribution in [1.29, 1.82) is 0 Å². The van der Waals surface area contributed by atoms with Crippen LogP contribution in [0.5, 0.6) is 5.75 Å². The number of nitrogens with zero attached hydrogens (tertiary/aromatic N) is 1. The number of benzene rings is 1. The predicted molar refractivity (Wildman–Crippen MR) is 84.8 cm³/mol. The molecular formula is C16H22ClFN2O2. The molecule has 1 N–H and O–H groups in total. The van der Waals surface area contributed by atoms with Gasteiger partial charge in [0.1, 0.15) is 11.6 Å². The van der Waals surface area contributed by atoms with Gasteiger partial charge >= 0.3 is 0 Å². The van der Waals surface area contributed by atoms with E-state index in [1.165, 1.54) is 50.6 Å². The molecule has 1 saturated heterocycles. The zero-order chi connectivity index (χ0) is 15.8. The van der Waals surface area contributed by atoms with Crippen molar-refractivity contribution >= 4 is 17.5 Å². The van der Waals surface area contributed by atoms with Gasteiger partial charge in [0.15, 0.2) is 6.61 Å². The van der Waals surface area contributed by atoms with Crippen LogP contribution >= 0.6 is 11.6 Å². The molecule has 0 saturated carbocycles. The summed E-state index contributed by atoms with van der Waals surface area (Å²) in [5, 5.41) is 2.81. The summed E-state index contributed by atoms with van der Waals surface area (Å²) in [6.07, 6.45) is 4.83. The summed E-state index contributed by atoms with van der Waals surface area (Å²) < 4.78 is 18.3. The highest BCUT2D eigenvalue weighted by Crippen LogP contribution is 2.20. The average Bonchev–Trinajstić information content (AvgIpc) is 2.54. The lowest BCUT2D eigenvalue weighted by Crippen LogP contribution is -2.34. The Bertz CT molecular complexity index is 493. The van der Waals surface area contributed by atoms with E-state index in [1.807, 2.05) is 0 Å². The topological polar surface area (TPSA) is 41.6 Å². The van der Waals surface area contributed by atoms with Gasteiger partial charge in [-0.25, -0.2) is 4.39 Å². The average molecular weight is 329 g/mol. The maximum atomic E-state index is 13.0. The summed E-state index contributed by atoms with van der Waals surface area (Å²) in [7, 11) is 0. The lowest BCUT2D eigenvalue weighted by Gasteiger charge is -2.26. The number of hydrogen-bond acceptors (Lipinski definition) is 3. The van der Waals surface area contributed by atoms with Crippen LogP contribution in [0.3, 0.4) is 0 Å². The van der Waals surface area contributed by atoms with E-state index in [-0.39, 0.29) is 17.5 Å². The first-order valence-electron chi connectivity index (χ1n) is 7.72. The van der Waals surface area contributed by atoms with Crippen LogP contribution in [0.1, 0.15) is 25.7 Å². The molecule has 1 aliphatic rings. The third-order valence-electron chi connectivity index (χ3n) is 3.68. The molecule has 0 spiro atoms. The highest BCUT2D eigenvalue weighted by Gasteiger charge is 2.09. The van der Waals surface area contributed by atoms with Gasteiger partial charge in [-0.05, 0) is 51.0 Å². The monoisotopic (exact) mass is 328 g/mol. The fraction of sp³-hybridized carbons (Fsp3) is 0.562. The van der Waals surface area contributed by atoms with E-state index in [9.17, 15) is 9.18 Å². The fourth-order valence-electron chi connectivity index (χ4n) is 2.48. The van der Waals surface area contributed by atoms with Crippen LogP contribution in [0.4, 0.5) is 4.39 Å². The first-order valence-corrected chi connectivity index (χ1v) is 8.10. The lowest BCUT2D eigenvalue weighted by atomic mass is 10.1. The van der Waals surface area contributed by atoms with Gasteiger partial charge in [-0.1, -0.05) is 18.0 Å². The second-order valence-corrected chi connectivity index (χ2v) is 5.88. The highest BCUT2D eigenvalue weighted by atomic mass is 35.5. The van der Waals surface area contributed by atoms with Crippen molar-refractivity contribution in [3.05, 3.63) is 29.0 Å². The number of ether oxygens (including phenoxy) is 1. The Balaban J connectivity index is 1.58. The fourth-order valence-corrected chi connectivity index (χ4v) is 2.65. The van der Waals surface area contributed by atoms with Gasteiger partial charge in [0.05, 0.1) is 5.02 Å². The standard InChI is InChI=1S/C16H22ClFN2O2/c17-14-11-13(5-6-15(14)18)22-12-16(21)19-7-4-10-20-8-2-1-3-9-20/h5-6,11H,1-4,7-10,12H2,(H,19,21). The third kappa shape index (κ3) is 5.81. The predicted octanol–water partition coefficient (Wildman–Crippen LogP) is 2.85. The van der Waals surface area contributed by atoms with Crippen molar-refractivity contribution in [2.24, 2.45) is 0 Å². The molecule has 1 amide bonds. The van der Waals surface area contributed by atoms with Crippen LogP contribution in [0.25, 0.3) is 0 Å². The summed E-state index contributed by atoms with van der Waals surface area (Å²) >= 11 is 5.65. The van der Waals surface area contributed by atoms with E-state index in [2.05, 4.69) is 10.2 Å². The van der Waals surface area contributed by atoms with Gasteiger partial charge in [-0.3, -0.25) is 4.79 Å². The lowest BCUT2D eigenvalue weighted by molar-refractivity contribution is -0.123. The number of nitrogens with one attached hydrogen (secondary N) is 1. The number of hydrogen-bond donors (Lipinski definition) is 1. The van der Waals surface area contributed by atoms with E-state index in [0.29, 0.717) is 12.3 Å². The van der Waals surface area contributed by atoms with E-state index in [0.717, 1.165) is 13.0 Å².